The molecule has 0 radical (unpaired) electrons. The molecule has 0 spiro atoms. The van der Waals surface area contributed by atoms with Gasteiger partial charge in [-0.25, -0.2) is 0 Å². The van der Waals surface area contributed by atoms with Crippen LogP contribution in [0.1, 0.15) is 5.56 Å². The number of hydrogen-bond acceptors (Lipinski definition) is 3. The number of benzene rings is 1. The van der Waals surface area contributed by atoms with Gasteiger partial charge in [0, 0.05) is 14.2 Å². The van der Waals surface area contributed by atoms with Crippen LogP contribution in [0.2, 0.25) is 0 Å². The second-order valence-corrected chi connectivity index (χ2v) is 3.37. The van der Waals surface area contributed by atoms with Crippen molar-refractivity contribution >= 4 is 10.5 Å². The van der Waals surface area contributed by atoms with Gasteiger partial charge in [0.25, 0.3) is 5.97 Å². The molecule has 78 valence electrons. The van der Waals surface area contributed by atoms with Crippen molar-refractivity contribution in [1.82, 2.24) is 0 Å². The van der Waals surface area contributed by atoms with E-state index in [0.717, 1.165) is 5.56 Å². The Kier molecular flexibility index (Phi) is 4.28. The Labute approximate surface area is 87.5 Å². The van der Waals surface area contributed by atoms with Crippen LogP contribution in [0.3, 0.4) is 0 Å². The molecule has 0 saturated carbocycles. The van der Waals surface area contributed by atoms with Gasteiger partial charge in [-0.05, 0) is 5.56 Å². The highest BCUT2D eigenvalue weighted by molar-refractivity contribution is 5.98. The lowest BCUT2D eigenvalue weighted by molar-refractivity contribution is -0.320. The zero-order valence-electron chi connectivity index (χ0n) is 8.82. The van der Waals surface area contributed by atoms with E-state index >= 15 is 0 Å². The summed E-state index contributed by atoms with van der Waals surface area (Å²) in [4.78, 5) is 0. The van der Waals surface area contributed by atoms with Gasteiger partial charge in [0.15, 0.2) is 10.5 Å². The van der Waals surface area contributed by atoms with E-state index in [1.807, 2.05) is 30.3 Å². The van der Waals surface area contributed by atoms with Crippen LogP contribution in [-0.4, -0.2) is 30.7 Å². The monoisotopic (exact) mass is 212 g/mol. The van der Waals surface area contributed by atoms with Crippen molar-refractivity contribution < 1.29 is 13.9 Å². The molecule has 0 amide bonds. The highest BCUT2D eigenvalue weighted by Gasteiger charge is 2.28. The minimum atomic E-state index is -0.909. The molecule has 0 heterocycles. The van der Waals surface area contributed by atoms with Crippen LogP contribution in [-0.2, 0) is 20.3 Å². The van der Waals surface area contributed by atoms with Crippen molar-refractivity contribution in [2.24, 2.45) is 0 Å². The number of ether oxygens (including phenoxy) is 2. The first kappa shape index (κ1) is 11.4. The van der Waals surface area contributed by atoms with E-state index in [0.29, 0.717) is 16.9 Å². The molecule has 0 unspecified atom stereocenters. The molecule has 3 nitrogen and oxygen atoms in total. The molecule has 0 aliphatic rings. The molecule has 14 heavy (non-hydrogen) atoms. The molecule has 0 fully saturated rings. The van der Waals surface area contributed by atoms with E-state index in [2.05, 4.69) is 0 Å². The van der Waals surface area contributed by atoms with Crippen molar-refractivity contribution in [1.29, 1.82) is 0 Å². The predicted molar refractivity (Wildman–Crippen MR) is 57.9 cm³/mol. The lowest BCUT2D eigenvalue weighted by Crippen LogP contribution is -2.38. The minimum absolute atomic E-state index is 0.576. The Morgan fingerprint density at radius 2 is 1.71 bits per heavy atom. The molecule has 0 saturated heterocycles. The molecule has 0 aliphatic heterocycles. The molecule has 1 aromatic carbocycles. The summed E-state index contributed by atoms with van der Waals surface area (Å²) in [5, 5.41) is 0. The smallest absolute Gasteiger partial charge is 0.276 e. The van der Waals surface area contributed by atoms with Crippen LogP contribution >= 0.6 is 0 Å². The lowest BCUT2D eigenvalue weighted by Gasteiger charge is -2.29. The molecule has 0 N–H and O–H groups in total. The van der Waals surface area contributed by atoms with Gasteiger partial charge in [0.1, 0.15) is 0 Å². The van der Waals surface area contributed by atoms with Gasteiger partial charge in [-0.1, -0.05) is 30.3 Å². The van der Waals surface area contributed by atoms with Crippen molar-refractivity contribution in [3.8, 4) is 0 Å². The van der Waals surface area contributed by atoms with Crippen LogP contribution in [0, 0.1) is 0 Å². The summed E-state index contributed by atoms with van der Waals surface area (Å²) in [6, 6.07) is 9.99. The fraction of sp³-hybridized carbons (Fsp3) is 0.400. The lowest BCUT2D eigenvalue weighted by atomic mass is 10.1. The van der Waals surface area contributed by atoms with Gasteiger partial charge in [0.05, 0.1) is 6.42 Å². The van der Waals surface area contributed by atoms with Crippen molar-refractivity contribution in [3.05, 3.63) is 35.9 Å². The van der Waals surface area contributed by atoms with Crippen LogP contribution in [0.25, 0.3) is 0 Å². The summed E-state index contributed by atoms with van der Waals surface area (Å²) in [5.74, 6) is -0.909. The first-order valence-electron chi connectivity index (χ1n) is 4.45. The highest BCUT2D eigenvalue weighted by Crippen LogP contribution is 2.18. The van der Waals surface area contributed by atoms with Crippen molar-refractivity contribution in [2.75, 3.05) is 14.2 Å². The predicted octanol–water partition coefficient (Wildman–Crippen LogP) is 0.473. The average Bonchev–Trinajstić information content (AvgIpc) is 2.28. The fourth-order valence-corrected chi connectivity index (χ4v) is 1.79. The van der Waals surface area contributed by atoms with Gasteiger partial charge < -0.3 is 13.9 Å². The Balaban J connectivity index is 2.74. The first-order valence-corrected chi connectivity index (χ1v) is 5.27. The van der Waals surface area contributed by atoms with Crippen LogP contribution in [0.4, 0.5) is 0 Å². The number of methoxy groups -OCH3 is 2. The molecule has 0 aromatic heterocycles. The maximum atomic E-state index is 5.33. The van der Waals surface area contributed by atoms with Gasteiger partial charge in [0.2, 0.25) is 0 Å². The molecule has 0 atom stereocenters. The summed E-state index contributed by atoms with van der Waals surface area (Å²) >= 11 is 0. The molecular formula is C10H16O3Si. The molecule has 1 rings (SSSR count). The minimum Gasteiger partial charge on any atom is -0.380 e. The van der Waals surface area contributed by atoms with Gasteiger partial charge in [-0.3, -0.25) is 0 Å². The quantitative estimate of drug-likeness (QED) is 0.524. The van der Waals surface area contributed by atoms with E-state index in [-0.39, 0.29) is 0 Å². The van der Waals surface area contributed by atoms with Gasteiger partial charge >= 0.3 is 0 Å². The Bertz CT molecular complexity index is 251. The fourth-order valence-electron chi connectivity index (χ4n) is 1.31. The summed E-state index contributed by atoms with van der Waals surface area (Å²) in [7, 11) is 3.75. The SMILES string of the molecule is COC(Cc1ccccc1)(OC)O[SiH3]. The van der Waals surface area contributed by atoms with E-state index in [4.69, 9.17) is 13.9 Å². The Morgan fingerprint density at radius 3 is 2.14 bits per heavy atom. The third kappa shape index (κ3) is 2.65. The third-order valence-electron chi connectivity index (χ3n) is 2.20. The Morgan fingerprint density at radius 1 is 1.14 bits per heavy atom. The van der Waals surface area contributed by atoms with Crippen molar-refractivity contribution in [3.63, 3.8) is 0 Å². The van der Waals surface area contributed by atoms with E-state index < -0.39 is 5.97 Å². The number of hydrogen-bond donors (Lipinski definition) is 0. The summed E-state index contributed by atoms with van der Waals surface area (Å²) in [6.45, 7) is 0. The van der Waals surface area contributed by atoms with Gasteiger partial charge in [-0.15, -0.1) is 0 Å². The second kappa shape index (κ2) is 5.26. The molecular weight excluding hydrogens is 196 g/mol. The van der Waals surface area contributed by atoms with Crippen LogP contribution in [0.15, 0.2) is 30.3 Å². The standard InChI is InChI=1S/C10H16O3Si/c1-11-10(12-2,13-14)8-9-6-4-3-5-7-9/h3-7H,8H2,1-2,14H3. The van der Waals surface area contributed by atoms with Crippen LogP contribution < -0.4 is 0 Å². The summed E-state index contributed by atoms with van der Waals surface area (Å²) in [6.07, 6.45) is 0.602. The highest BCUT2D eigenvalue weighted by atomic mass is 28.2. The maximum Gasteiger partial charge on any atom is 0.276 e. The zero-order chi connectivity index (χ0) is 10.4. The Hall–Kier alpha value is -0.683. The largest absolute Gasteiger partial charge is 0.380 e. The van der Waals surface area contributed by atoms with Gasteiger partial charge in [-0.2, -0.15) is 0 Å². The summed E-state index contributed by atoms with van der Waals surface area (Å²) < 4.78 is 15.8. The molecule has 0 bridgehead atoms. The third-order valence-corrected chi connectivity index (χ3v) is 2.82. The zero-order valence-corrected chi connectivity index (χ0v) is 10.8. The summed E-state index contributed by atoms with van der Waals surface area (Å²) in [5.41, 5.74) is 1.13. The van der Waals surface area contributed by atoms with E-state index in [9.17, 15) is 0 Å². The second-order valence-electron chi connectivity index (χ2n) is 2.96. The maximum absolute atomic E-state index is 5.33. The van der Waals surface area contributed by atoms with Crippen LogP contribution in [0.5, 0.6) is 0 Å². The normalized spacial score (nSPS) is 11.9. The number of rotatable bonds is 5. The topological polar surface area (TPSA) is 27.7 Å². The first-order chi connectivity index (χ1) is 6.76. The van der Waals surface area contributed by atoms with E-state index in [1.54, 1.807) is 14.2 Å². The average molecular weight is 212 g/mol. The molecule has 0 aliphatic carbocycles. The molecule has 4 heteroatoms. The van der Waals surface area contributed by atoms with Crippen molar-refractivity contribution in [2.45, 2.75) is 12.4 Å². The van der Waals surface area contributed by atoms with E-state index in [1.165, 1.54) is 0 Å². The molecule has 1 aromatic rings.